The minimum absolute atomic E-state index is 0. The van der Waals surface area contributed by atoms with E-state index in [1.165, 1.54) is 15.6 Å². The van der Waals surface area contributed by atoms with Crippen LogP contribution in [0, 0.1) is 13.8 Å². The molecule has 150 valence electrons. The van der Waals surface area contributed by atoms with Gasteiger partial charge < -0.3 is 4.57 Å². The Morgan fingerprint density at radius 3 is 2.36 bits per heavy atom. The van der Waals surface area contributed by atoms with Crippen LogP contribution < -0.4 is 4.80 Å². The van der Waals surface area contributed by atoms with Gasteiger partial charge in [0.05, 0.1) is 16.3 Å². The van der Waals surface area contributed by atoms with Crippen molar-refractivity contribution in [1.82, 2.24) is 8.87 Å². The smallest absolute Gasteiger partial charge is 0.242 e. The molecule has 0 saturated heterocycles. The third-order valence-corrected chi connectivity index (χ3v) is 7.25. The van der Waals surface area contributed by atoms with Crippen LogP contribution in [0.1, 0.15) is 11.1 Å². The highest BCUT2D eigenvalue weighted by Gasteiger charge is 2.19. The van der Waals surface area contributed by atoms with Gasteiger partial charge in [0.1, 0.15) is 0 Å². The first-order chi connectivity index (χ1) is 12.7. The zero-order valence-electron chi connectivity index (χ0n) is 16.5. The van der Waals surface area contributed by atoms with E-state index < -0.39 is 10.0 Å². The Hall–Kier alpha value is -1.74. The van der Waals surface area contributed by atoms with Crippen LogP contribution in [0.15, 0.2) is 57.7 Å². The van der Waals surface area contributed by atoms with Crippen LogP contribution in [-0.2, 0) is 17.1 Å². The molecule has 0 unspecified atom stereocenters. The molecule has 3 rings (SSSR count). The van der Waals surface area contributed by atoms with Gasteiger partial charge in [-0.1, -0.05) is 24.3 Å². The maximum Gasteiger partial charge on any atom is 0.242 e. The number of aromatic nitrogens is 1. The fourth-order valence-corrected chi connectivity index (χ4v) is 4.59. The normalized spacial score (nSPS) is 12.3. The van der Waals surface area contributed by atoms with Crippen molar-refractivity contribution >= 4 is 44.0 Å². The average Bonchev–Trinajstić information content (AvgIpc) is 2.97. The number of hydrogen-bond donors (Lipinski definition) is 0. The predicted molar refractivity (Wildman–Crippen MR) is 121 cm³/mol. The summed E-state index contributed by atoms with van der Waals surface area (Å²) in [5, 5.41) is 2.02. The average molecular weight is 482 g/mol. The number of hydrogen-bond acceptors (Lipinski definition) is 4. The maximum absolute atomic E-state index is 12.5. The minimum atomic E-state index is -3.48. The third-order valence-electron chi connectivity index (χ3n) is 4.52. The van der Waals surface area contributed by atoms with E-state index in [4.69, 9.17) is 4.99 Å². The van der Waals surface area contributed by atoms with Gasteiger partial charge in [-0.2, -0.15) is 0 Å². The first kappa shape index (κ1) is 22.5. The van der Waals surface area contributed by atoms with Crippen LogP contribution in [0.2, 0.25) is 0 Å². The van der Waals surface area contributed by atoms with E-state index in [-0.39, 0.29) is 21.9 Å². The number of thiazole rings is 1. The van der Waals surface area contributed by atoms with Gasteiger partial charge in [-0.25, -0.2) is 17.7 Å². The lowest BCUT2D eigenvalue weighted by molar-refractivity contribution is 0.521. The molecule has 0 spiro atoms. The Kier molecular flexibility index (Phi) is 7.03. The summed E-state index contributed by atoms with van der Waals surface area (Å²) in [6.45, 7) is 4.02. The predicted octanol–water partition coefficient (Wildman–Crippen LogP) is 4.43. The molecule has 0 amide bonds. The fourth-order valence-electron chi connectivity index (χ4n) is 2.76. The standard InChI is InChI=1S/C20H23N3O2S2.BrH/c1-14-10-11-16(27(24,25)22(3)4)12-17(14)19-13-26-20(23(19)5)21-18-9-7-6-8-15(18)2;/h6-13H,1-5H3;1H/b21-20+;. The largest absolute Gasteiger partial charge is 0.320 e. The van der Waals surface area contributed by atoms with E-state index in [1.807, 2.05) is 61.2 Å². The van der Waals surface area contributed by atoms with Crippen molar-refractivity contribution in [3.63, 3.8) is 0 Å². The summed E-state index contributed by atoms with van der Waals surface area (Å²) in [7, 11) is 1.55. The topological polar surface area (TPSA) is 54.7 Å². The van der Waals surface area contributed by atoms with Gasteiger partial charge in [-0.05, 0) is 43.2 Å². The van der Waals surface area contributed by atoms with Gasteiger partial charge in [-0.15, -0.1) is 28.3 Å². The van der Waals surface area contributed by atoms with Crippen LogP contribution in [0.5, 0.6) is 0 Å². The summed E-state index contributed by atoms with van der Waals surface area (Å²) >= 11 is 1.54. The Bertz CT molecular complexity index is 1160. The van der Waals surface area contributed by atoms with Gasteiger partial charge >= 0.3 is 0 Å². The molecule has 0 N–H and O–H groups in total. The van der Waals surface area contributed by atoms with E-state index in [9.17, 15) is 8.42 Å². The summed E-state index contributed by atoms with van der Waals surface area (Å²) in [6, 6.07) is 13.2. The molecule has 0 aliphatic rings. The quantitative estimate of drug-likeness (QED) is 0.553. The highest BCUT2D eigenvalue weighted by atomic mass is 79.9. The molecule has 5 nitrogen and oxygen atoms in total. The van der Waals surface area contributed by atoms with Crippen LogP contribution in [0.25, 0.3) is 11.3 Å². The minimum Gasteiger partial charge on any atom is -0.320 e. The highest BCUT2D eigenvalue weighted by Crippen LogP contribution is 2.27. The van der Waals surface area contributed by atoms with Crippen LogP contribution >= 0.6 is 28.3 Å². The zero-order chi connectivity index (χ0) is 19.8. The highest BCUT2D eigenvalue weighted by molar-refractivity contribution is 8.93. The fraction of sp³-hybridized carbons (Fsp3) is 0.250. The first-order valence-corrected chi connectivity index (χ1v) is 10.8. The van der Waals surface area contributed by atoms with Gasteiger partial charge in [-0.3, -0.25) is 0 Å². The molecule has 8 heteroatoms. The summed E-state index contributed by atoms with van der Waals surface area (Å²) in [5.74, 6) is 0. The molecular formula is C20H24BrN3O2S2. The van der Waals surface area contributed by atoms with Crippen molar-refractivity contribution in [3.05, 3.63) is 63.8 Å². The van der Waals surface area contributed by atoms with Gasteiger partial charge in [0.2, 0.25) is 10.0 Å². The number of halogens is 1. The summed E-state index contributed by atoms with van der Waals surface area (Å²) < 4.78 is 28.2. The monoisotopic (exact) mass is 481 g/mol. The molecular weight excluding hydrogens is 458 g/mol. The Morgan fingerprint density at radius 2 is 1.71 bits per heavy atom. The molecule has 0 fully saturated rings. The summed E-state index contributed by atoms with van der Waals surface area (Å²) in [4.78, 5) is 5.92. The van der Waals surface area contributed by atoms with E-state index in [1.54, 1.807) is 26.2 Å². The van der Waals surface area contributed by atoms with E-state index in [0.717, 1.165) is 32.9 Å². The molecule has 0 aliphatic carbocycles. The molecule has 0 radical (unpaired) electrons. The Morgan fingerprint density at radius 1 is 1.04 bits per heavy atom. The number of benzene rings is 2. The van der Waals surface area contributed by atoms with E-state index in [0.29, 0.717) is 0 Å². The number of para-hydroxylation sites is 1. The molecule has 28 heavy (non-hydrogen) atoms. The van der Waals surface area contributed by atoms with Crippen molar-refractivity contribution in [2.24, 2.45) is 12.0 Å². The lowest BCUT2D eigenvalue weighted by Gasteiger charge is -2.14. The summed E-state index contributed by atoms with van der Waals surface area (Å²) in [5.41, 5.74) is 4.90. The number of sulfonamides is 1. The van der Waals surface area contributed by atoms with Crippen molar-refractivity contribution < 1.29 is 8.42 Å². The van der Waals surface area contributed by atoms with E-state index >= 15 is 0 Å². The molecule has 1 aromatic heterocycles. The maximum atomic E-state index is 12.5. The lowest BCUT2D eigenvalue weighted by atomic mass is 10.1. The van der Waals surface area contributed by atoms with Gasteiger partial charge in [0.25, 0.3) is 0 Å². The van der Waals surface area contributed by atoms with Crippen molar-refractivity contribution in [2.45, 2.75) is 18.7 Å². The molecule has 0 aliphatic heterocycles. The number of rotatable bonds is 4. The molecule has 0 bridgehead atoms. The molecule has 1 heterocycles. The van der Waals surface area contributed by atoms with Crippen LogP contribution in [0.4, 0.5) is 5.69 Å². The SMILES string of the molecule is Br.Cc1ccccc1/N=c1/scc(-c2cc(S(=O)(=O)N(C)C)ccc2C)n1C. The molecule has 0 saturated carbocycles. The second-order valence-corrected chi connectivity index (χ2v) is 9.61. The first-order valence-electron chi connectivity index (χ1n) is 8.50. The molecule has 2 aromatic carbocycles. The van der Waals surface area contributed by atoms with Crippen LogP contribution in [0.3, 0.4) is 0 Å². The summed E-state index contributed by atoms with van der Waals surface area (Å²) in [6.07, 6.45) is 0. The zero-order valence-corrected chi connectivity index (χ0v) is 19.8. The number of nitrogens with zero attached hydrogens (tertiary/aromatic N) is 3. The Labute approximate surface area is 180 Å². The van der Waals surface area contributed by atoms with Crippen molar-refractivity contribution in [3.8, 4) is 11.3 Å². The van der Waals surface area contributed by atoms with Crippen LogP contribution in [-0.4, -0.2) is 31.4 Å². The second-order valence-electron chi connectivity index (χ2n) is 6.62. The van der Waals surface area contributed by atoms with Crippen molar-refractivity contribution in [2.75, 3.05) is 14.1 Å². The third kappa shape index (κ3) is 4.30. The number of aryl methyl sites for hydroxylation is 2. The molecule has 3 aromatic rings. The van der Waals surface area contributed by atoms with Gasteiger partial charge in [0.15, 0.2) is 4.80 Å². The Balaban J connectivity index is 0.00000280. The second kappa shape index (κ2) is 8.73. The molecule has 0 atom stereocenters. The van der Waals surface area contributed by atoms with E-state index in [2.05, 4.69) is 0 Å². The van der Waals surface area contributed by atoms with Gasteiger partial charge in [0, 0.05) is 32.1 Å². The lowest BCUT2D eigenvalue weighted by Crippen LogP contribution is -2.22. The van der Waals surface area contributed by atoms with Crippen molar-refractivity contribution in [1.29, 1.82) is 0 Å².